The highest BCUT2D eigenvalue weighted by molar-refractivity contribution is 6.30. The van der Waals surface area contributed by atoms with Gasteiger partial charge in [-0.1, -0.05) is 29.8 Å². The summed E-state index contributed by atoms with van der Waals surface area (Å²) in [7, 11) is 0. The predicted molar refractivity (Wildman–Crippen MR) is 79.9 cm³/mol. The minimum absolute atomic E-state index is 0.480. The van der Waals surface area contributed by atoms with E-state index >= 15 is 0 Å². The van der Waals surface area contributed by atoms with E-state index in [1.807, 2.05) is 30.3 Å². The molecule has 104 valence electrons. The van der Waals surface area contributed by atoms with E-state index in [2.05, 4.69) is 16.4 Å². The third-order valence-corrected chi connectivity index (χ3v) is 3.51. The molecule has 1 heterocycles. The van der Waals surface area contributed by atoms with E-state index in [9.17, 15) is 0 Å². The standard InChI is InChI=1S/C16H17ClN2O/c17-14-5-1-3-12(9-14)11-20-16-13(4-2-8-18-16)10-19-15-6-7-15/h1-5,8-9,15,19H,6-7,10-11H2. The largest absolute Gasteiger partial charge is 0.473 e. The minimum atomic E-state index is 0.480. The molecule has 20 heavy (non-hydrogen) atoms. The van der Waals surface area contributed by atoms with Crippen LogP contribution in [0.2, 0.25) is 5.02 Å². The van der Waals surface area contributed by atoms with Crippen molar-refractivity contribution in [3.05, 3.63) is 58.7 Å². The van der Waals surface area contributed by atoms with Gasteiger partial charge in [0, 0.05) is 29.4 Å². The molecule has 1 fully saturated rings. The number of rotatable bonds is 6. The zero-order valence-electron chi connectivity index (χ0n) is 11.2. The van der Waals surface area contributed by atoms with Crippen molar-refractivity contribution in [1.82, 2.24) is 10.3 Å². The molecule has 1 aromatic heterocycles. The van der Waals surface area contributed by atoms with Gasteiger partial charge in [-0.25, -0.2) is 4.98 Å². The monoisotopic (exact) mass is 288 g/mol. The zero-order chi connectivity index (χ0) is 13.8. The van der Waals surface area contributed by atoms with Crippen LogP contribution in [0.3, 0.4) is 0 Å². The third-order valence-electron chi connectivity index (χ3n) is 3.27. The van der Waals surface area contributed by atoms with Gasteiger partial charge in [-0.05, 0) is 36.6 Å². The lowest BCUT2D eigenvalue weighted by Crippen LogP contribution is -2.16. The SMILES string of the molecule is Clc1cccc(COc2ncccc2CNC2CC2)c1. The van der Waals surface area contributed by atoms with Gasteiger partial charge in [0.1, 0.15) is 6.61 Å². The average Bonchev–Trinajstić information content (AvgIpc) is 3.28. The zero-order valence-corrected chi connectivity index (χ0v) is 11.9. The van der Waals surface area contributed by atoms with E-state index in [1.54, 1.807) is 6.20 Å². The number of hydrogen-bond acceptors (Lipinski definition) is 3. The van der Waals surface area contributed by atoms with Crippen molar-refractivity contribution in [2.75, 3.05) is 0 Å². The lowest BCUT2D eigenvalue weighted by atomic mass is 10.2. The van der Waals surface area contributed by atoms with E-state index in [1.165, 1.54) is 12.8 Å². The van der Waals surface area contributed by atoms with E-state index in [-0.39, 0.29) is 0 Å². The van der Waals surface area contributed by atoms with Crippen LogP contribution in [0, 0.1) is 0 Å². The van der Waals surface area contributed by atoms with Crippen molar-refractivity contribution in [2.24, 2.45) is 0 Å². The molecule has 3 nitrogen and oxygen atoms in total. The minimum Gasteiger partial charge on any atom is -0.473 e. The van der Waals surface area contributed by atoms with Gasteiger partial charge in [0.05, 0.1) is 0 Å². The molecule has 0 amide bonds. The van der Waals surface area contributed by atoms with Crippen LogP contribution in [0.25, 0.3) is 0 Å². The summed E-state index contributed by atoms with van der Waals surface area (Å²) in [5.41, 5.74) is 2.14. The Balaban J connectivity index is 1.63. The summed E-state index contributed by atoms with van der Waals surface area (Å²) in [4.78, 5) is 4.32. The Hall–Kier alpha value is -1.58. The Bertz CT molecular complexity index is 584. The van der Waals surface area contributed by atoms with Crippen LogP contribution in [0.15, 0.2) is 42.6 Å². The Morgan fingerprint density at radius 2 is 2.15 bits per heavy atom. The van der Waals surface area contributed by atoms with Crippen LogP contribution in [-0.2, 0) is 13.2 Å². The van der Waals surface area contributed by atoms with Gasteiger partial charge >= 0.3 is 0 Å². The van der Waals surface area contributed by atoms with Crippen LogP contribution in [0.1, 0.15) is 24.0 Å². The van der Waals surface area contributed by atoms with E-state index < -0.39 is 0 Å². The van der Waals surface area contributed by atoms with Crippen molar-refractivity contribution in [3.63, 3.8) is 0 Å². The number of halogens is 1. The highest BCUT2D eigenvalue weighted by Gasteiger charge is 2.20. The fourth-order valence-electron chi connectivity index (χ4n) is 2.01. The van der Waals surface area contributed by atoms with Gasteiger partial charge in [-0.15, -0.1) is 0 Å². The van der Waals surface area contributed by atoms with Gasteiger partial charge in [-0.2, -0.15) is 0 Å². The number of benzene rings is 1. The Labute approximate surface area is 123 Å². The molecule has 3 rings (SSSR count). The number of ether oxygens (including phenoxy) is 1. The number of nitrogens with one attached hydrogen (secondary N) is 1. The van der Waals surface area contributed by atoms with Crippen molar-refractivity contribution in [3.8, 4) is 5.88 Å². The first-order chi connectivity index (χ1) is 9.81. The quantitative estimate of drug-likeness (QED) is 0.882. The number of aromatic nitrogens is 1. The van der Waals surface area contributed by atoms with Gasteiger partial charge in [0.15, 0.2) is 0 Å². The third kappa shape index (κ3) is 3.71. The summed E-state index contributed by atoms with van der Waals surface area (Å²) in [5.74, 6) is 0.695. The normalized spacial score (nSPS) is 14.2. The van der Waals surface area contributed by atoms with Gasteiger partial charge in [0.2, 0.25) is 5.88 Å². The summed E-state index contributed by atoms with van der Waals surface area (Å²) < 4.78 is 5.82. The molecule has 0 atom stereocenters. The second-order valence-corrected chi connectivity index (χ2v) is 5.48. The van der Waals surface area contributed by atoms with Crippen LogP contribution < -0.4 is 10.1 Å². The number of hydrogen-bond donors (Lipinski definition) is 1. The molecule has 1 aromatic carbocycles. The lowest BCUT2D eigenvalue weighted by Gasteiger charge is -2.11. The van der Waals surface area contributed by atoms with Crippen LogP contribution in [-0.4, -0.2) is 11.0 Å². The van der Waals surface area contributed by atoms with E-state index in [0.29, 0.717) is 18.5 Å². The summed E-state index contributed by atoms with van der Waals surface area (Å²) in [5, 5.41) is 4.20. The summed E-state index contributed by atoms with van der Waals surface area (Å²) in [6.45, 7) is 1.29. The molecule has 1 N–H and O–H groups in total. The second-order valence-electron chi connectivity index (χ2n) is 5.04. The smallest absolute Gasteiger partial charge is 0.218 e. The van der Waals surface area contributed by atoms with Gasteiger partial charge in [0.25, 0.3) is 0 Å². The Kier molecular flexibility index (Phi) is 4.19. The predicted octanol–water partition coefficient (Wildman–Crippen LogP) is 3.57. The molecule has 0 unspecified atom stereocenters. The Morgan fingerprint density at radius 1 is 1.25 bits per heavy atom. The molecule has 4 heteroatoms. The Morgan fingerprint density at radius 3 is 2.95 bits per heavy atom. The summed E-state index contributed by atoms with van der Waals surface area (Å²) in [6, 6.07) is 12.4. The number of nitrogens with zero attached hydrogens (tertiary/aromatic N) is 1. The molecular formula is C16H17ClN2O. The maximum absolute atomic E-state index is 5.97. The second kappa shape index (κ2) is 6.25. The maximum atomic E-state index is 5.97. The molecule has 0 bridgehead atoms. The maximum Gasteiger partial charge on any atom is 0.218 e. The fraction of sp³-hybridized carbons (Fsp3) is 0.312. The number of pyridine rings is 1. The van der Waals surface area contributed by atoms with Gasteiger partial charge < -0.3 is 10.1 Å². The molecule has 1 aliphatic rings. The highest BCUT2D eigenvalue weighted by Crippen LogP contribution is 2.22. The van der Waals surface area contributed by atoms with Crippen LogP contribution >= 0.6 is 11.6 Å². The van der Waals surface area contributed by atoms with Crippen molar-refractivity contribution in [1.29, 1.82) is 0 Å². The highest BCUT2D eigenvalue weighted by atomic mass is 35.5. The molecule has 0 spiro atoms. The molecule has 2 aromatic rings. The van der Waals surface area contributed by atoms with Gasteiger partial charge in [-0.3, -0.25) is 0 Å². The van der Waals surface area contributed by atoms with Crippen molar-refractivity contribution in [2.45, 2.75) is 32.0 Å². The molecule has 1 aliphatic carbocycles. The first kappa shape index (κ1) is 13.4. The molecule has 0 saturated heterocycles. The molecular weight excluding hydrogens is 272 g/mol. The van der Waals surface area contributed by atoms with Crippen molar-refractivity contribution < 1.29 is 4.74 Å². The lowest BCUT2D eigenvalue weighted by molar-refractivity contribution is 0.289. The molecule has 0 aliphatic heterocycles. The molecule has 1 saturated carbocycles. The van der Waals surface area contributed by atoms with E-state index in [0.717, 1.165) is 22.7 Å². The van der Waals surface area contributed by atoms with Crippen LogP contribution in [0.5, 0.6) is 5.88 Å². The van der Waals surface area contributed by atoms with Crippen LogP contribution in [0.4, 0.5) is 0 Å². The summed E-state index contributed by atoms with van der Waals surface area (Å²) >= 11 is 5.97. The topological polar surface area (TPSA) is 34.1 Å². The molecule has 0 radical (unpaired) electrons. The summed E-state index contributed by atoms with van der Waals surface area (Å²) in [6.07, 6.45) is 4.31. The average molecular weight is 289 g/mol. The first-order valence-corrected chi connectivity index (χ1v) is 7.23. The van der Waals surface area contributed by atoms with E-state index in [4.69, 9.17) is 16.3 Å². The van der Waals surface area contributed by atoms with Crippen molar-refractivity contribution >= 4 is 11.6 Å². The first-order valence-electron chi connectivity index (χ1n) is 6.86. The fourth-order valence-corrected chi connectivity index (χ4v) is 2.22.